The normalized spacial score (nSPS) is 20.0. The molecule has 1 atom stereocenters. The van der Waals surface area contributed by atoms with Crippen molar-refractivity contribution in [3.05, 3.63) is 0 Å². The number of nitrogens with zero attached hydrogens (tertiary/aromatic N) is 1. The van der Waals surface area contributed by atoms with Gasteiger partial charge >= 0.3 is 0 Å². The summed E-state index contributed by atoms with van der Waals surface area (Å²) in [7, 11) is 0. The highest BCUT2D eigenvalue weighted by Gasteiger charge is 2.27. The molecular formula is C9H15NO3S. The lowest BCUT2D eigenvalue weighted by molar-refractivity contribution is -0.159. The third-order valence-corrected chi connectivity index (χ3v) is 2.85. The lowest BCUT2D eigenvalue weighted by Gasteiger charge is -2.27. The van der Waals surface area contributed by atoms with Crippen LogP contribution in [0, 0.1) is 5.92 Å². The van der Waals surface area contributed by atoms with Gasteiger partial charge in [-0.2, -0.15) is 12.6 Å². The van der Waals surface area contributed by atoms with Gasteiger partial charge in [0.2, 0.25) is 0 Å². The number of ether oxygens (including phenoxy) is 1. The standard InChI is InChI=1S/C9H15NO3S/c1-2-7(6-14)3-10-8(11)4-13-5-9(10)12/h7,14H,2-6H2,1H3. The summed E-state index contributed by atoms with van der Waals surface area (Å²) in [6.07, 6.45) is 0.918. The smallest absolute Gasteiger partial charge is 0.255 e. The van der Waals surface area contributed by atoms with Gasteiger partial charge in [0.15, 0.2) is 0 Å². The highest BCUT2D eigenvalue weighted by molar-refractivity contribution is 7.80. The van der Waals surface area contributed by atoms with Gasteiger partial charge in [-0.3, -0.25) is 14.5 Å². The van der Waals surface area contributed by atoms with Gasteiger partial charge in [0, 0.05) is 6.54 Å². The number of rotatable bonds is 4. The van der Waals surface area contributed by atoms with Crippen LogP contribution in [-0.4, -0.2) is 42.2 Å². The molecule has 5 heteroatoms. The molecule has 14 heavy (non-hydrogen) atoms. The second-order valence-corrected chi connectivity index (χ2v) is 3.71. The second-order valence-electron chi connectivity index (χ2n) is 3.35. The molecule has 2 amide bonds. The first-order chi connectivity index (χ1) is 6.69. The molecule has 0 aromatic heterocycles. The zero-order valence-corrected chi connectivity index (χ0v) is 9.13. The Morgan fingerprint density at radius 2 is 2.00 bits per heavy atom. The molecule has 0 saturated carbocycles. The van der Waals surface area contributed by atoms with E-state index in [4.69, 9.17) is 4.74 Å². The van der Waals surface area contributed by atoms with Gasteiger partial charge in [-0.25, -0.2) is 0 Å². The van der Waals surface area contributed by atoms with E-state index in [9.17, 15) is 9.59 Å². The maximum Gasteiger partial charge on any atom is 0.255 e. The van der Waals surface area contributed by atoms with E-state index in [1.807, 2.05) is 6.92 Å². The summed E-state index contributed by atoms with van der Waals surface area (Å²) < 4.78 is 4.81. The van der Waals surface area contributed by atoms with Crippen molar-refractivity contribution in [2.45, 2.75) is 13.3 Å². The van der Waals surface area contributed by atoms with Gasteiger partial charge in [0.1, 0.15) is 13.2 Å². The van der Waals surface area contributed by atoms with Gasteiger partial charge in [0.05, 0.1) is 0 Å². The van der Waals surface area contributed by atoms with Crippen molar-refractivity contribution < 1.29 is 14.3 Å². The third kappa shape index (κ3) is 2.72. The quantitative estimate of drug-likeness (QED) is 0.545. The fourth-order valence-electron chi connectivity index (χ4n) is 1.30. The molecule has 1 aliphatic heterocycles. The van der Waals surface area contributed by atoms with Gasteiger partial charge in [-0.05, 0) is 11.7 Å². The summed E-state index contributed by atoms with van der Waals surface area (Å²) in [6, 6.07) is 0. The molecule has 80 valence electrons. The number of amides is 2. The first-order valence-corrected chi connectivity index (χ1v) is 5.34. The van der Waals surface area contributed by atoms with Gasteiger partial charge in [-0.1, -0.05) is 13.3 Å². The Morgan fingerprint density at radius 3 is 2.43 bits per heavy atom. The lowest BCUT2D eigenvalue weighted by atomic mass is 10.1. The summed E-state index contributed by atoms with van der Waals surface area (Å²) in [4.78, 5) is 23.9. The van der Waals surface area contributed by atoms with Crippen LogP contribution in [0.1, 0.15) is 13.3 Å². The lowest BCUT2D eigenvalue weighted by Crippen LogP contribution is -2.48. The van der Waals surface area contributed by atoms with Gasteiger partial charge < -0.3 is 4.74 Å². The Hall–Kier alpha value is -0.550. The van der Waals surface area contributed by atoms with Crippen molar-refractivity contribution in [2.24, 2.45) is 5.92 Å². The number of carbonyl (C=O) groups is 2. The van der Waals surface area contributed by atoms with Crippen LogP contribution in [0.15, 0.2) is 0 Å². The van der Waals surface area contributed by atoms with Crippen LogP contribution in [0.5, 0.6) is 0 Å². The van der Waals surface area contributed by atoms with Crippen LogP contribution in [0.4, 0.5) is 0 Å². The first-order valence-electron chi connectivity index (χ1n) is 4.70. The minimum atomic E-state index is -0.235. The van der Waals surface area contributed by atoms with E-state index in [1.165, 1.54) is 4.90 Å². The fraction of sp³-hybridized carbons (Fsp3) is 0.778. The van der Waals surface area contributed by atoms with E-state index in [-0.39, 0.29) is 30.9 Å². The molecule has 0 N–H and O–H groups in total. The van der Waals surface area contributed by atoms with Crippen molar-refractivity contribution >= 4 is 24.4 Å². The van der Waals surface area contributed by atoms with Crippen LogP contribution in [-0.2, 0) is 14.3 Å². The average molecular weight is 217 g/mol. The molecule has 1 heterocycles. The molecular weight excluding hydrogens is 202 g/mol. The van der Waals surface area contributed by atoms with Crippen LogP contribution < -0.4 is 0 Å². The van der Waals surface area contributed by atoms with Crippen molar-refractivity contribution in [1.29, 1.82) is 0 Å². The average Bonchev–Trinajstić information content (AvgIpc) is 2.18. The number of morpholine rings is 1. The monoisotopic (exact) mass is 217 g/mol. The Bertz CT molecular complexity index is 212. The fourth-order valence-corrected chi connectivity index (χ4v) is 1.67. The van der Waals surface area contributed by atoms with E-state index in [2.05, 4.69) is 12.6 Å². The zero-order chi connectivity index (χ0) is 10.6. The number of carbonyl (C=O) groups excluding carboxylic acids is 2. The Morgan fingerprint density at radius 1 is 1.43 bits per heavy atom. The summed E-state index contributed by atoms with van der Waals surface area (Å²) >= 11 is 4.17. The van der Waals surface area contributed by atoms with Crippen molar-refractivity contribution in [3.63, 3.8) is 0 Å². The molecule has 1 saturated heterocycles. The van der Waals surface area contributed by atoms with Crippen molar-refractivity contribution in [1.82, 2.24) is 4.90 Å². The number of imide groups is 1. The predicted octanol–water partition coefficient (Wildman–Crippen LogP) is 0.328. The molecule has 0 aromatic carbocycles. The second kappa shape index (κ2) is 5.36. The maximum absolute atomic E-state index is 11.3. The van der Waals surface area contributed by atoms with Gasteiger partial charge in [0.25, 0.3) is 11.8 Å². The third-order valence-electron chi connectivity index (χ3n) is 2.33. The van der Waals surface area contributed by atoms with Crippen LogP contribution in [0.2, 0.25) is 0 Å². The molecule has 0 aliphatic carbocycles. The van der Waals surface area contributed by atoms with E-state index in [1.54, 1.807) is 0 Å². The summed E-state index contributed by atoms with van der Waals surface area (Å²) in [5.74, 6) is 0.501. The van der Waals surface area contributed by atoms with E-state index in [0.717, 1.165) is 6.42 Å². The molecule has 1 rings (SSSR count). The van der Waals surface area contributed by atoms with Crippen LogP contribution in [0.25, 0.3) is 0 Å². The molecule has 1 aliphatic rings. The number of hydrogen-bond acceptors (Lipinski definition) is 4. The van der Waals surface area contributed by atoms with E-state index in [0.29, 0.717) is 12.3 Å². The molecule has 0 bridgehead atoms. The molecule has 0 radical (unpaired) electrons. The largest absolute Gasteiger partial charge is 0.362 e. The molecule has 1 fully saturated rings. The summed E-state index contributed by atoms with van der Waals surface area (Å²) in [5.41, 5.74) is 0. The highest BCUT2D eigenvalue weighted by Crippen LogP contribution is 2.10. The Labute approximate surface area is 89.0 Å². The summed E-state index contributed by atoms with van der Waals surface area (Å²) in [5, 5.41) is 0. The van der Waals surface area contributed by atoms with Gasteiger partial charge in [-0.15, -0.1) is 0 Å². The molecule has 0 spiro atoms. The maximum atomic E-state index is 11.3. The molecule has 1 unspecified atom stereocenters. The Balaban J connectivity index is 2.55. The first kappa shape index (κ1) is 11.5. The number of thiol groups is 1. The topological polar surface area (TPSA) is 46.6 Å². The number of hydrogen-bond donors (Lipinski definition) is 1. The highest BCUT2D eigenvalue weighted by atomic mass is 32.1. The SMILES string of the molecule is CCC(CS)CN1C(=O)COCC1=O. The molecule has 0 aromatic rings. The van der Waals surface area contributed by atoms with Crippen molar-refractivity contribution in [2.75, 3.05) is 25.5 Å². The predicted molar refractivity (Wildman–Crippen MR) is 55.2 cm³/mol. The minimum Gasteiger partial charge on any atom is -0.362 e. The Kier molecular flexibility index (Phi) is 4.41. The van der Waals surface area contributed by atoms with Crippen LogP contribution in [0.3, 0.4) is 0 Å². The zero-order valence-electron chi connectivity index (χ0n) is 8.23. The minimum absolute atomic E-state index is 0.0226. The summed E-state index contributed by atoms with van der Waals surface area (Å²) in [6.45, 7) is 2.54. The van der Waals surface area contributed by atoms with Crippen LogP contribution >= 0.6 is 12.6 Å². The van der Waals surface area contributed by atoms with Crippen molar-refractivity contribution in [3.8, 4) is 0 Å². The van der Waals surface area contributed by atoms with E-state index < -0.39 is 0 Å². The van der Waals surface area contributed by atoms with E-state index >= 15 is 0 Å². The molecule has 4 nitrogen and oxygen atoms in total.